The number of carbonyl (C=O) groups is 1. The van der Waals surface area contributed by atoms with Gasteiger partial charge in [-0.05, 0) is 66.3 Å². The molecule has 1 N–H and O–H groups in total. The van der Waals surface area contributed by atoms with Crippen molar-refractivity contribution in [3.63, 3.8) is 0 Å². The second-order valence-corrected chi connectivity index (χ2v) is 11.6. The third-order valence-electron chi connectivity index (χ3n) is 6.51. The Bertz CT molecular complexity index is 1530. The lowest BCUT2D eigenvalue weighted by atomic mass is 10.0. The average molecular weight is 638 g/mol. The summed E-state index contributed by atoms with van der Waals surface area (Å²) in [5.41, 5.74) is 1.32. The zero-order chi connectivity index (χ0) is 29.6. The number of hydrogen-bond acceptors (Lipinski definition) is 7. The van der Waals surface area contributed by atoms with E-state index in [0.717, 1.165) is 17.7 Å². The lowest BCUT2D eigenvalue weighted by Gasteiger charge is -2.21. The van der Waals surface area contributed by atoms with Crippen LogP contribution < -0.4 is 14.8 Å². The first-order chi connectivity index (χ1) is 20.3. The summed E-state index contributed by atoms with van der Waals surface area (Å²) in [6.07, 6.45) is 4.03. The third kappa shape index (κ3) is 7.87. The van der Waals surface area contributed by atoms with Gasteiger partial charge in [-0.2, -0.15) is 8.78 Å². The summed E-state index contributed by atoms with van der Waals surface area (Å²) in [5.74, 6) is -0.640. The monoisotopic (exact) mass is 636 g/mol. The van der Waals surface area contributed by atoms with Crippen molar-refractivity contribution in [3.05, 3.63) is 104 Å². The van der Waals surface area contributed by atoms with Crippen molar-refractivity contribution in [3.8, 4) is 11.5 Å². The number of anilines is 1. The molecule has 5 rings (SSSR count). The largest absolute Gasteiger partial charge is 0.489 e. The maximum absolute atomic E-state index is 14.0. The molecule has 2 heterocycles. The lowest BCUT2D eigenvalue weighted by molar-refractivity contribution is -0.0515. The fraction of sp³-hybridized carbons (Fsp3) is 0.267. The average Bonchev–Trinajstić information content (AvgIpc) is 3.67. The van der Waals surface area contributed by atoms with Crippen LogP contribution in [0.4, 0.5) is 18.9 Å². The molecule has 0 saturated heterocycles. The van der Waals surface area contributed by atoms with E-state index in [9.17, 15) is 18.0 Å². The first-order valence-corrected chi connectivity index (χ1v) is 14.6. The maximum Gasteiger partial charge on any atom is 0.387 e. The lowest BCUT2D eigenvalue weighted by Crippen LogP contribution is -2.15. The van der Waals surface area contributed by atoms with E-state index >= 15 is 0 Å². The molecule has 0 bridgehead atoms. The Kier molecular flexibility index (Phi) is 9.76. The normalized spacial score (nSPS) is 13.6. The molecule has 1 aliphatic rings. The Balaban J connectivity index is 1.38. The zero-order valence-corrected chi connectivity index (χ0v) is 24.3. The summed E-state index contributed by atoms with van der Waals surface area (Å²) in [5, 5.41) is 3.57. The molecule has 1 atom stereocenters. The van der Waals surface area contributed by atoms with Gasteiger partial charge in [0.15, 0.2) is 11.5 Å². The highest BCUT2D eigenvalue weighted by molar-refractivity contribution is 7.13. The number of hydrogen-bond donors (Lipinski definition) is 1. The number of esters is 1. The topological polar surface area (TPSA) is 69.7 Å². The van der Waals surface area contributed by atoms with Gasteiger partial charge in [0.2, 0.25) is 0 Å². The van der Waals surface area contributed by atoms with Gasteiger partial charge in [0, 0.05) is 30.2 Å². The molecule has 4 aromatic rings. The summed E-state index contributed by atoms with van der Waals surface area (Å²) in [6, 6.07) is 14.1. The van der Waals surface area contributed by atoms with E-state index in [-0.39, 0.29) is 33.8 Å². The zero-order valence-electron chi connectivity index (χ0n) is 22.0. The number of halogens is 5. The molecule has 2 aromatic carbocycles. The third-order valence-corrected chi connectivity index (χ3v) is 8.22. The number of carbonyl (C=O) groups excluding carboxylic acids is 1. The molecule has 42 heavy (non-hydrogen) atoms. The van der Waals surface area contributed by atoms with Crippen LogP contribution in [0, 0.1) is 11.7 Å². The van der Waals surface area contributed by atoms with E-state index in [4.69, 9.17) is 32.7 Å². The van der Waals surface area contributed by atoms with E-state index in [1.807, 2.05) is 0 Å². The summed E-state index contributed by atoms with van der Waals surface area (Å²) in [7, 11) is 0. The predicted octanol–water partition coefficient (Wildman–Crippen LogP) is 8.73. The highest BCUT2D eigenvalue weighted by Crippen LogP contribution is 2.38. The minimum Gasteiger partial charge on any atom is -0.489 e. The first-order valence-electron chi connectivity index (χ1n) is 13.0. The Hall–Kier alpha value is -3.47. The van der Waals surface area contributed by atoms with Gasteiger partial charge < -0.3 is 19.5 Å². The SMILES string of the molecule is O=C(O[C@@H](Cc1c(Cl)cncc1Cl)c1ccc(OC(F)F)c(OCC2CC2)c1)c1ccc(CNc2ccccc2F)s1. The van der Waals surface area contributed by atoms with Crippen LogP contribution in [-0.4, -0.2) is 24.2 Å². The van der Waals surface area contributed by atoms with Crippen LogP contribution in [0.5, 0.6) is 11.5 Å². The molecule has 220 valence electrons. The van der Waals surface area contributed by atoms with Crippen molar-refractivity contribution >= 4 is 46.2 Å². The number of alkyl halides is 2. The molecule has 0 amide bonds. The van der Waals surface area contributed by atoms with Crippen molar-refractivity contribution in [2.24, 2.45) is 5.92 Å². The maximum atomic E-state index is 14.0. The fourth-order valence-corrected chi connectivity index (χ4v) is 5.48. The van der Waals surface area contributed by atoms with Crippen LogP contribution in [0.15, 0.2) is 67.0 Å². The molecule has 1 aliphatic carbocycles. The molecule has 1 fully saturated rings. The number of nitrogens with one attached hydrogen (secondary N) is 1. The minimum absolute atomic E-state index is 0.0795. The Morgan fingerprint density at radius 3 is 2.52 bits per heavy atom. The Labute approximate surface area is 254 Å². The Morgan fingerprint density at radius 2 is 1.81 bits per heavy atom. The molecule has 0 aliphatic heterocycles. The van der Waals surface area contributed by atoms with Gasteiger partial charge in [-0.1, -0.05) is 41.4 Å². The van der Waals surface area contributed by atoms with Crippen molar-refractivity contribution in [1.82, 2.24) is 4.98 Å². The van der Waals surface area contributed by atoms with Crippen molar-refractivity contribution in [2.45, 2.75) is 38.5 Å². The van der Waals surface area contributed by atoms with Gasteiger partial charge in [0.05, 0.1) is 22.3 Å². The smallest absolute Gasteiger partial charge is 0.387 e. The first kappa shape index (κ1) is 30.0. The fourth-order valence-electron chi connectivity index (χ4n) is 4.13. The molecular weight excluding hydrogens is 612 g/mol. The molecule has 0 radical (unpaired) electrons. The number of pyridine rings is 1. The molecule has 0 unspecified atom stereocenters. The van der Waals surface area contributed by atoms with Gasteiger partial charge >= 0.3 is 12.6 Å². The summed E-state index contributed by atoms with van der Waals surface area (Å²) in [4.78, 5) is 18.4. The van der Waals surface area contributed by atoms with E-state index in [1.54, 1.807) is 30.3 Å². The van der Waals surface area contributed by atoms with E-state index < -0.39 is 18.7 Å². The van der Waals surface area contributed by atoms with Gasteiger partial charge in [-0.25, -0.2) is 9.18 Å². The van der Waals surface area contributed by atoms with Gasteiger partial charge in [-0.3, -0.25) is 4.98 Å². The highest BCUT2D eigenvalue weighted by atomic mass is 35.5. The van der Waals surface area contributed by atoms with Crippen LogP contribution in [0.2, 0.25) is 10.0 Å². The molecule has 6 nitrogen and oxygen atoms in total. The highest BCUT2D eigenvalue weighted by Gasteiger charge is 2.26. The second-order valence-electron chi connectivity index (χ2n) is 9.62. The molecule has 0 spiro atoms. The van der Waals surface area contributed by atoms with E-state index in [1.165, 1.54) is 48.0 Å². The van der Waals surface area contributed by atoms with Crippen molar-refractivity contribution < 1.29 is 32.2 Å². The molecule has 1 saturated carbocycles. The predicted molar refractivity (Wildman–Crippen MR) is 155 cm³/mol. The summed E-state index contributed by atoms with van der Waals surface area (Å²) in [6.45, 7) is -2.38. The number of para-hydroxylation sites is 1. The van der Waals surface area contributed by atoms with Crippen LogP contribution in [0.3, 0.4) is 0 Å². The second kappa shape index (κ2) is 13.7. The quantitative estimate of drug-likeness (QED) is 0.148. The standard InChI is InChI=1S/C30H25Cl2F3N2O4S/c31-21-14-36-15-22(32)20(21)12-26(18-7-9-25(41-30(34)35)27(11-18)39-16-17-5-6-17)40-29(38)28-10-8-19(42-28)13-37-24-4-2-1-3-23(24)33/h1-4,7-11,14-15,17,26,30,37H,5-6,12-13,16H2/t26-/m0/s1. The number of rotatable bonds is 13. The number of ether oxygens (including phenoxy) is 3. The van der Waals surface area contributed by atoms with Crippen LogP contribution in [0.25, 0.3) is 0 Å². The summed E-state index contributed by atoms with van der Waals surface area (Å²) >= 11 is 13.9. The molecular formula is C30H25Cl2F3N2O4S. The summed E-state index contributed by atoms with van der Waals surface area (Å²) < 4.78 is 56.6. The number of aromatic nitrogens is 1. The van der Waals surface area contributed by atoms with Crippen molar-refractivity contribution in [1.29, 1.82) is 0 Å². The number of thiophene rings is 1. The van der Waals surface area contributed by atoms with E-state index in [2.05, 4.69) is 15.0 Å². The van der Waals surface area contributed by atoms with Crippen molar-refractivity contribution in [2.75, 3.05) is 11.9 Å². The molecule has 2 aromatic heterocycles. The minimum atomic E-state index is -3.04. The number of benzene rings is 2. The van der Waals surface area contributed by atoms with Crippen LogP contribution in [0.1, 0.15) is 44.6 Å². The molecule has 12 heteroatoms. The van der Waals surface area contributed by atoms with Gasteiger partial charge in [-0.15, -0.1) is 11.3 Å². The van der Waals surface area contributed by atoms with Gasteiger partial charge in [0.1, 0.15) is 16.8 Å². The van der Waals surface area contributed by atoms with Crippen LogP contribution in [-0.2, 0) is 17.7 Å². The van der Waals surface area contributed by atoms with Crippen LogP contribution >= 0.6 is 34.5 Å². The van der Waals surface area contributed by atoms with E-state index in [0.29, 0.717) is 40.8 Å². The number of nitrogens with zero attached hydrogens (tertiary/aromatic N) is 1. The Morgan fingerprint density at radius 1 is 1.05 bits per heavy atom. The van der Waals surface area contributed by atoms with Gasteiger partial charge in [0.25, 0.3) is 0 Å².